The van der Waals surface area contributed by atoms with Gasteiger partial charge in [-0.25, -0.2) is 4.98 Å². The van der Waals surface area contributed by atoms with E-state index >= 15 is 0 Å². The molecule has 25 heavy (non-hydrogen) atoms. The standard InChI is InChI=1S/C20H16N2O2S/c1-24-15-7-4-5-13(11-15)12-18(23)21-20-22-19-16-8-3-2-6-14(16)9-10-17(19)25-20/h2-11H,12H2,1H3,(H,21,22,23). The fourth-order valence-corrected chi connectivity index (χ4v) is 3.74. The highest BCUT2D eigenvalue weighted by atomic mass is 32.1. The lowest BCUT2D eigenvalue weighted by molar-refractivity contribution is -0.115. The topological polar surface area (TPSA) is 51.2 Å². The lowest BCUT2D eigenvalue weighted by Gasteiger charge is -2.04. The smallest absolute Gasteiger partial charge is 0.230 e. The summed E-state index contributed by atoms with van der Waals surface area (Å²) in [6.45, 7) is 0. The second kappa shape index (κ2) is 6.53. The molecule has 5 heteroatoms. The molecule has 1 aromatic heterocycles. The van der Waals surface area contributed by atoms with Crippen molar-refractivity contribution in [3.63, 3.8) is 0 Å². The molecule has 3 aromatic carbocycles. The number of hydrogen-bond donors (Lipinski definition) is 1. The van der Waals surface area contributed by atoms with Gasteiger partial charge in [-0.05, 0) is 29.1 Å². The van der Waals surface area contributed by atoms with Gasteiger partial charge in [0.15, 0.2) is 5.13 Å². The Morgan fingerprint density at radius 1 is 1.12 bits per heavy atom. The predicted molar refractivity (Wildman–Crippen MR) is 102 cm³/mol. The van der Waals surface area contributed by atoms with E-state index in [9.17, 15) is 4.79 Å². The largest absolute Gasteiger partial charge is 0.497 e. The lowest BCUT2D eigenvalue weighted by Crippen LogP contribution is -2.14. The van der Waals surface area contributed by atoms with Crippen LogP contribution in [0.15, 0.2) is 60.7 Å². The summed E-state index contributed by atoms with van der Waals surface area (Å²) < 4.78 is 6.26. The summed E-state index contributed by atoms with van der Waals surface area (Å²) in [5.41, 5.74) is 1.84. The number of fused-ring (bicyclic) bond motifs is 3. The summed E-state index contributed by atoms with van der Waals surface area (Å²) in [6, 6.07) is 19.8. The van der Waals surface area contributed by atoms with E-state index in [1.807, 2.05) is 42.5 Å². The van der Waals surface area contributed by atoms with Gasteiger partial charge in [0.05, 0.1) is 23.7 Å². The lowest BCUT2D eigenvalue weighted by atomic mass is 10.1. The van der Waals surface area contributed by atoms with Crippen molar-refractivity contribution in [1.82, 2.24) is 4.98 Å². The fraction of sp³-hybridized carbons (Fsp3) is 0.100. The maximum atomic E-state index is 12.3. The van der Waals surface area contributed by atoms with E-state index in [1.54, 1.807) is 7.11 Å². The molecule has 0 aliphatic rings. The Morgan fingerprint density at radius 2 is 2.00 bits per heavy atom. The van der Waals surface area contributed by atoms with Crippen LogP contribution in [0.25, 0.3) is 21.0 Å². The number of ether oxygens (including phenoxy) is 1. The van der Waals surface area contributed by atoms with Gasteiger partial charge in [0, 0.05) is 5.39 Å². The molecule has 0 spiro atoms. The molecule has 4 rings (SSSR count). The Kier molecular flexibility index (Phi) is 4.07. The van der Waals surface area contributed by atoms with Crippen molar-refractivity contribution >= 4 is 43.4 Å². The molecule has 1 heterocycles. The van der Waals surface area contributed by atoms with E-state index in [2.05, 4.69) is 28.5 Å². The minimum atomic E-state index is -0.0865. The quantitative estimate of drug-likeness (QED) is 0.584. The van der Waals surface area contributed by atoms with Crippen molar-refractivity contribution in [3.8, 4) is 5.75 Å². The monoisotopic (exact) mass is 348 g/mol. The number of rotatable bonds is 4. The van der Waals surface area contributed by atoms with Crippen LogP contribution in [0.4, 0.5) is 5.13 Å². The van der Waals surface area contributed by atoms with Crippen molar-refractivity contribution in [2.45, 2.75) is 6.42 Å². The summed E-state index contributed by atoms with van der Waals surface area (Å²) in [6.07, 6.45) is 0.286. The van der Waals surface area contributed by atoms with Crippen molar-refractivity contribution in [1.29, 1.82) is 0 Å². The van der Waals surface area contributed by atoms with Gasteiger partial charge in [0.25, 0.3) is 0 Å². The molecular formula is C20H16N2O2S. The molecule has 4 aromatic rings. The molecular weight excluding hydrogens is 332 g/mol. The van der Waals surface area contributed by atoms with Crippen molar-refractivity contribution in [3.05, 3.63) is 66.2 Å². The average molecular weight is 348 g/mol. The number of anilines is 1. The van der Waals surface area contributed by atoms with E-state index in [0.717, 1.165) is 32.3 Å². The highest BCUT2D eigenvalue weighted by Crippen LogP contribution is 2.31. The molecule has 1 N–H and O–H groups in total. The molecule has 0 radical (unpaired) electrons. The van der Waals surface area contributed by atoms with Crippen molar-refractivity contribution in [2.75, 3.05) is 12.4 Å². The van der Waals surface area contributed by atoms with Crippen LogP contribution in [0, 0.1) is 0 Å². The van der Waals surface area contributed by atoms with E-state index in [1.165, 1.54) is 11.3 Å². The number of nitrogens with one attached hydrogen (secondary N) is 1. The van der Waals surface area contributed by atoms with Crippen LogP contribution >= 0.6 is 11.3 Å². The third-order valence-corrected chi connectivity index (χ3v) is 4.96. The first kappa shape index (κ1) is 15.6. The van der Waals surface area contributed by atoms with Gasteiger partial charge < -0.3 is 10.1 Å². The van der Waals surface area contributed by atoms with Crippen LogP contribution in [-0.4, -0.2) is 18.0 Å². The minimum Gasteiger partial charge on any atom is -0.497 e. The molecule has 0 aliphatic heterocycles. The second-order valence-corrected chi connectivity index (χ2v) is 6.76. The number of benzene rings is 3. The zero-order valence-corrected chi connectivity index (χ0v) is 14.5. The molecule has 124 valence electrons. The predicted octanol–water partition coefficient (Wildman–Crippen LogP) is 4.64. The number of methoxy groups -OCH3 is 1. The summed E-state index contributed by atoms with van der Waals surface area (Å²) in [7, 11) is 1.62. The molecule has 0 aliphatic carbocycles. The fourth-order valence-electron chi connectivity index (χ4n) is 2.85. The minimum absolute atomic E-state index is 0.0865. The van der Waals surface area contributed by atoms with Gasteiger partial charge in [-0.1, -0.05) is 53.8 Å². The summed E-state index contributed by atoms with van der Waals surface area (Å²) in [5.74, 6) is 0.661. The molecule has 4 nitrogen and oxygen atoms in total. The molecule has 0 bridgehead atoms. The van der Waals surface area contributed by atoms with Crippen molar-refractivity contribution in [2.24, 2.45) is 0 Å². The number of amides is 1. The third kappa shape index (κ3) is 3.19. The van der Waals surface area contributed by atoms with Crippen LogP contribution in [-0.2, 0) is 11.2 Å². The van der Waals surface area contributed by atoms with E-state index in [-0.39, 0.29) is 12.3 Å². The van der Waals surface area contributed by atoms with E-state index < -0.39 is 0 Å². The number of hydrogen-bond acceptors (Lipinski definition) is 4. The van der Waals surface area contributed by atoms with Gasteiger partial charge in [-0.15, -0.1) is 0 Å². The molecule has 1 amide bonds. The Balaban J connectivity index is 1.57. The van der Waals surface area contributed by atoms with Crippen molar-refractivity contribution < 1.29 is 9.53 Å². The maximum Gasteiger partial charge on any atom is 0.230 e. The zero-order valence-electron chi connectivity index (χ0n) is 13.7. The van der Waals surface area contributed by atoms with Gasteiger partial charge in [0.2, 0.25) is 5.91 Å². The Labute approximate surface area is 149 Å². The summed E-state index contributed by atoms with van der Waals surface area (Å²) >= 11 is 1.49. The second-order valence-electron chi connectivity index (χ2n) is 5.73. The number of carbonyl (C=O) groups excluding carboxylic acids is 1. The van der Waals surface area contributed by atoms with Crippen LogP contribution in [0.2, 0.25) is 0 Å². The SMILES string of the molecule is COc1cccc(CC(=O)Nc2nc3c(ccc4ccccc43)s2)c1. The van der Waals surface area contributed by atoms with Gasteiger partial charge in [-0.2, -0.15) is 0 Å². The van der Waals surface area contributed by atoms with E-state index in [4.69, 9.17) is 4.74 Å². The Morgan fingerprint density at radius 3 is 2.88 bits per heavy atom. The van der Waals surface area contributed by atoms with E-state index in [0.29, 0.717) is 5.13 Å². The molecule has 0 saturated carbocycles. The van der Waals surface area contributed by atoms with Crippen LogP contribution in [0.5, 0.6) is 5.75 Å². The van der Waals surface area contributed by atoms with Gasteiger partial charge in [-0.3, -0.25) is 4.79 Å². The van der Waals surface area contributed by atoms with Gasteiger partial charge >= 0.3 is 0 Å². The molecule has 0 fully saturated rings. The van der Waals surface area contributed by atoms with Crippen LogP contribution < -0.4 is 10.1 Å². The number of aromatic nitrogens is 1. The first-order chi connectivity index (χ1) is 12.2. The number of carbonyl (C=O) groups is 1. The average Bonchev–Trinajstić information content (AvgIpc) is 3.04. The third-order valence-electron chi connectivity index (χ3n) is 4.03. The summed E-state index contributed by atoms with van der Waals surface area (Å²) in [4.78, 5) is 17.0. The van der Waals surface area contributed by atoms with Crippen LogP contribution in [0.1, 0.15) is 5.56 Å². The molecule has 0 atom stereocenters. The number of nitrogens with zero attached hydrogens (tertiary/aromatic N) is 1. The highest BCUT2D eigenvalue weighted by molar-refractivity contribution is 7.22. The maximum absolute atomic E-state index is 12.3. The Hall–Kier alpha value is -2.92. The Bertz CT molecular complexity index is 1070. The van der Waals surface area contributed by atoms with Gasteiger partial charge in [0.1, 0.15) is 5.75 Å². The molecule has 0 saturated heterocycles. The number of thiazole rings is 1. The summed E-state index contributed by atoms with van der Waals surface area (Å²) in [5, 5.41) is 5.78. The first-order valence-electron chi connectivity index (χ1n) is 7.94. The highest BCUT2D eigenvalue weighted by Gasteiger charge is 2.11. The van der Waals surface area contributed by atoms with Crippen LogP contribution in [0.3, 0.4) is 0 Å². The zero-order chi connectivity index (χ0) is 17.2. The molecule has 0 unspecified atom stereocenters. The first-order valence-corrected chi connectivity index (χ1v) is 8.75. The normalized spacial score (nSPS) is 10.9.